The summed E-state index contributed by atoms with van der Waals surface area (Å²) in [6.45, 7) is 6.37. The second-order valence-electron chi connectivity index (χ2n) is 10.7. The van der Waals surface area contributed by atoms with E-state index >= 15 is 0 Å². The van der Waals surface area contributed by atoms with Gasteiger partial charge in [-0.05, 0) is 67.3 Å². The minimum absolute atomic E-state index is 0.0527. The molecule has 2 heterocycles. The van der Waals surface area contributed by atoms with Gasteiger partial charge in [0.15, 0.2) is 15.8 Å². The number of aliphatic hydroxyl groups is 1. The lowest BCUT2D eigenvalue weighted by molar-refractivity contribution is -0.132. The van der Waals surface area contributed by atoms with Crippen LogP contribution in [0.3, 0.4) is 0 Å². The molecule has 1 atom stereocenters. The smallest absolute Gasteiger partial charge is 0.301 e. The molecule has 1 saturated heterocycles. The molecule has 0 aliphatic carbocycles. The van der Waals surface area contributed by atoms with Gasteiger partial charge in [-0.15, -0.1) is 10.2 Å². The first-order chi connectivity index (χ1) is 21.7. The van der Waals surface area contributed by atoms with E-state index in [1.54, 1.807) is 36.4 Å². The highest BCUT2D eigenvalue weighted by Gasteiger charge is 2.48. The van der Waals surface area contributed by atoms with Crippen molar-refractivity contribution in [3.63, 3.8) is 0 Å². The van der Waals surface area contributed by atoms with E-state index in [2.05, 4.69) is 17.1 Å². The van der Waals surface area contributed by atoms with Crippen LogP contribution in [0, 0.1) is 19.7 Å². The number of hydrogen-bond donors (Lipinski definition) is 1. The Balaban J connectivity index is 1.56. The molecule has 8 nitrogen and oxygen atoms in total. The Bertz CT molecular complexity index is 1740. The molecule has 1 unspecified atom stereocenters. The van der Waals surface area contributed by atoms with Crippen LogP contribution in [-0.2, 0) is 15.3 Å². The SMILES string of the molecule is CCCCCOc1ccc(C2/C(=C(\O)c3cc(C)ccc3C)C(=O)C(=O)N2c2nnc(SCc3ccc(F)cc3)s2)cc1OC. The molecule has 1 aromatic heterocycles. The number of aliphatic hydroxyl groups excluding tert-OH is 1. The summed E-state index contributed by atoms with van der Waals surface area (Å²) in [6.07, 6.45) is 3.01. The predicted molar refractivity (Wildman–Crippen MR) is 175 cm³/mol. The van der Waals surface area contributed by atoms with Crippen molar-refractivity contribution in [1.82, 2.24) is 10.2 Å². The fourth-order valence-corrected chi connectivity index (χ4v) is 6.90. The molecule has 3 aromatic carbocycles. The number of ketones is 1. The lowest BCUT2D eigenvalue weighted by atomic mass is 9.93. The Labute approximate surface area is 269 Å². The van der Waals surface area contributed by atoms with Gasteiger partial charge < -0.3 is 14.6 Å². The average molecular weight is 648 g/mol. The number of rotatable bonds is 12. The van der Waals surface area contributed by atoms with Crippen LogP contribution in [-0.4, -0.2) is 40.7 Å². The van der Waals surface area contributed by atoms with E-state index in [4.69, 9.17) is 9.47 Å². The monoisotopic (exact) mass is 647 g/mol. The third-order valence-corrected chi connectivity index (χ3v) is 9.61. The first kappa shape index (κ1) is 32.2. The third kappa shape index (κ3) is 7.04. The first-order valence-electron chi connectivity index (χ1n) is 14.6. The van der Waals surface area contributed by atoms with E-state index in [1.165, 1.54) is 35.9 Å². The highest BCUT2D eigenvalue weighted by atomic mass is 32.2. The number of thioether (sulfide) groups is 1. The van der Waals surface area contributed by atoms with Crippen molar-refractivity contribution in [3.05, 3.63) is 99.9 Å². The fourth-order valence-electron chi connectivity index (χ4n) is 5.07. The molecule has 1 N–H and O–H groups in total. The van der Waals surface area contributed by atoms with Gasteiger partial charge in [-0.2, -0.15) is 0 Å². The molecule has 0 radical (unpaired) electrons. The number of hydrogen-bond acceptors (Lipinski definition) is 9. The number of ether oxygens (including phenoxy) is 2. The highest BCUT2D eigenvalue weighted by molar-refractivity contribution is 8.00. The molecule has 45 heavy (non-hydrogen) atoms. The lowest BCUT2D eigenvalue weighted by Gasteiger charge is -2.23. The summed E-state index contributed by atoms with van der Waals surface area (Å²) in [4.78, 5) is 28.7. The Morgan fingerprint density at radius 1 is 1.02 bits per heavy atom. The summed E-state index contributed by atoms with van der Waals surface area (Å²) >= 11 is 2.55. The van der Waals surface area contributed by atoms with E-state index in [0.717, 1.165) is 47.3 Å². The van der Waals surface area contributed by atoms with Gasteiger partial charge in [-0.1, -0.05) is 78.8 Å². The topological polar surface area (TPSA) is 102 Å². The average Bonchev–Trinajstić information content (AvgIpc) is 3.61. The third-order valence-electron chi connectivity index (χ3n) is 7.48. The summed E-state index contributed by atoms with van der Waals surface area (Å²) in [5, 5.41) is 20.4. The molecule has 1 aliphatic rings. The predicted octanol–water partition coefficient (Wildman–Crippen LogP) is 7.79. The second kappa shape index (κ2) is 14.3. The van der Waals surface area contributed by atoms with Crippen LogP contribution in [0.4, 0.5) is 9.52 Å². The molecule has 1 aliphatic heterocycles. The van der Waals surface area contributed by atoms with Gasteiger partial charge in [0.1, 0.15) is 11.6 Å². The van der Waals surface area contributed by atoms with Crippen LogP contribution in [0.2, 0.25) is 0 Å². The number of carbonyl (C=O) groups is 2. The number of benzene rings is 3. The van der Waals surface area contributed by atoms with Gasteiger partial charge in [-0.25, -0.2) is 4.39 Å². The van der Waals surface area contributed by atoms with Crippen LogP contribution in [0.25, 0.3) is 5.76 Å². The molecule has 0 bridgehead atoms. The first-order valence-corrected chi connectivity index (χ1v) is 16.4. The van der Waals surface area contributed by atoms with Gasteiger partial charge in [0.2, 0.25) is 5.13 Å². The number of amides is 1. The Hall–Kier alpha value is -4.22. The summed E-state index contributed by atoms with van der Waals surface area (Å²) in [7, 11) is 1.53. The van der Waals surface area contributed by atoms with Gasteiger partial charge in [0.25, 0.3) is 5.78 Å². The number of halogens is 1. The Morgan fingerprint density at radius 2 is 1.80 bits per heavy atom. The maximum Gasteiger partial charge on any atom is 0.301 e. The highest BCUT2D eigenvalue weighted by Crippen LogP contribution is 2.46. The van der Waals surface area contributed by atoms with Crippen molar-refractivity contribution >= 4 is 45.7 Å². The van der Waals surface area contributed by atoms with Gasteiger partial charge in [0.05, 0.1) is 25.3 Å². The van der Waals surface area contributed by atoms with Crippen LogP contribution in [0.15, 0.2) is 70.6 Å². The minimum atomic E-state index is -1.00. The van der Waals surface area contributed by atoms with Crippen LogP contribution in [0.5, 0.6) is 11.5 Å². The number of methoxy groups -OCH3 is 1. The number of carbonyl (C=O) groups excluding carboxylic acids is 2. The van der Waals surface area contributed by atoms with Gasteiger partial charge >= 0.3 is 5.91 Å². The number of nitrogens with zero attached hydrogens (tertiary/aromatic N) is 3. The molecule has 4 aromatic rings. The van der Waals surface area contributed by atoms with Crippen molar-refractivity contribution in [2.45, 2.75) is 56.2 Å². The summed E-state index contributed by atoms with van der Waals surface area (Å²) in [6, 6.07) is 16.0. The summed E-state index contributed by atoms with van der Waals surface area (Å²) in [5.74, 6) is -0.735. The van der Waals surface area contributed by atoms with Crippen molar-refractivity contribution < 1.29 is 28.6 Å². The largest absolute Gasteiger partial charge is 0.507 e. The maximum absolute atomic E-state index is 13.7. The zero-order valence-corrected chi connectivity index (χ0v) is 27.1. The van der Waals surface area contributed by atoms with Crippen LogP contribution < -0.4 is 14.4 Å². The van der Waals surface area contributed by atoms with E-state index in [-0.39, 0.29) is 22.3 Å². The zero-order chi connectivity index (χ0) is 32.1. The standard InChI is InChI=1S/C34H34FN3O5S2/c1-5-6-7-16-43-26-15-12-23(18-27(26)42-4)29-28(30(39)25-17-20(2)8-9-21(25)3)31(40)32(41)38(29)33-36-37-34(45-33)44-19-22-10-13-24(35)14-11-22/h8-15,17-18,29,39H,5-7,16,19H2,1-4H3/b30-28+. The second-order valence-corrected chi connectivity index (χ2v) is 12.9. The van der Waals surface area contributed by atoms with E-state index in [0.29, 0.717) is 39.3 Å². The minimum Gasteiger partial charge on any atom is -0.507 e. The van der Waals surface area contributed by atoms with Crippen LogP contribution >= 0.6 is 23.1 Å². The van der Waals surface area contributed by atoms with Crippen molar-refractivity contribution in [2.24, 2.45) is 0 Å². The molecule has 1 amide bonds. The Kier molecular flexibility index (Phi) is 10.2. The summed E-state index contributed by atoms with van der Waals surface area (Å²) in [5.41, 5.74) is 3.50. The molecular formula is C34H34FN3O5S2. The molecule has 0 spiro atoms. The van der Waals surface area contributed by atoms with Crippen molar-refractivity contribution in [2.75, 3.05) is 18.6 Å². The number of anilines is 1. The van der Waals surface area contributed by atoms with E-state index < -0.39 is 17.7 Å². The molecular weight excluding hydrogens is 614 g/mol. The van der Waals surface area contributed by atoms with Gasteiger partial charge in [-0.3, -0.25) is 14.5 Å². The van der Waals surface area contributed by atoms with E-state index in [9.17, 15) is 19.1 Å². The number of unbranched alkanes of at least 4 members (excludes halogenated alkanes) is 2. The number of aromatic nitrogens is 2. The molecule has 234 valence electrons. The summed E-state index contributed by atoms with van der Waals surface area (Å²) < 4.78 is 25.5. The molecule has 1 fully saturated rings. The van der Waals surface area contributed by atoms with Gasteiger partial charge in [0, 0.05) is 11.3 Å². The molecule has 0 saturated carbocycles. The fraction of sp³-hybridized carbons (Fsp3) is 0.294. The number of aryl methyl sites for hydroxylation is 2. The van der Waals surface area contributed by atoms with E-state index in [1.807, 2.05) is 26.0 Å². The van der Waals surface area contributed by atoms with Crippen LogP contribution in [0.1, 0.15) is 60.0 Å². The number of Topliss-reactive ketones (excluding diaryl/α,β-unsaturated/α-hetero) is 1. The quantitative estimate of drug-likeness (QED) is 0.0415. The Morgan fingerprint density at radius 3 is 2.53 bits per heavy atom. The zero-order valence-electron chi connectivity index (χ0n) is 25.5. The van der Waals surface area contributed by atoms with Crippen molar-refractivity contribution in [1.29, 1.82) is 0 Å². The lowest BCUT2D eigenvalue weighted by Crippen LogP contribution is -2.29. The maximum atomic E-state index is 13.7. The normalized spacial score (nSPS) is 15.9. The molecule has 5 rings (SSSR count). The molecule has 11 heteroatoms. The van der Waals surface area contributed by atoms with Crippen molar-refractivity contribution in [3.8, 4) is 11.5 Å².